The van der Waals surface area contributed by atoms with E-state index >= 15 is 0 Å². The van der Waals surface area contributed by atoms with E-state index in [1.165, 1.54) is 32.1 Å². The molecule has 7 nitrogen and oxygen atoms in total. The summed E-state index contributed by atoms with van der Waals surface area (Å²) in [6.45, 7) is 4.74. The molecule has 3 unspecified atom stereocenters. The predicted molar refractivity (Wildman–Crippen MR) is 90.2 cm³/mol. The molecule has 3 rings (SSSR count). The van der Waals surface area contributed by atoms with Gasteiger partial charge in [0.2, 0.25) is 12.2 Å². The summed E-state index contributed by atoms with van der Waals surface area (Å²) in [5, 5.41) is 6.90. The van der Waals surface area contributed by atoms with Crippen molar-refractivity contribution in [1.29, 1.82) is 0 Å². The molecule has 132 valence electrons. The maximum Gasteiger partial charge on any atom is 0.221 e. The van der Waals surface area contributed by atoms with Crippen LogP contribution >= 0.6 is 0 Å². The van der Waals surface area contributed by atoms with Crippen LogP contribution in [0.5, 0.6) is 0 Å². The molecule has 3 aliphatic rings. The SMILES string of the molecule is CNCC(C)(OC)C1N=C(N2CCCC(NC3CC3)CC2)NO1. The molecule has 0 aromatic heterocycles. The molecular weight excluding hydrogens is 294 g/mol. The van der Waals surface area contributed by atoms with Crippen LogP contribution < -0.4 is 16.1 Å². The van der Waals surface area contributed by atoms with Crippen molar-refractivity contribution in [3.05, 3.63) is 0 Å². The van der Waals surface area contributed by atoms with Crippen LogP contribution in [0.3, 0.4) is 0 Å². The molecule has 0 aromatic rings. The highest BCUT2D eigenvalue weighted by atomic mass is 16.7. The lowest BCUT2D eigenvalue weighted by atomic mass is 10.1. The van der Waals surface area contributed by atoms with Gasteiger partial charge in [0.25, 0.3) is 0 Å². The van der Waals surface area contributed by atoms with Crippen LogP contribution in [-0.4, -0.2) is 68.6 Å². The highest BCUT2D eigenvalue weighted by Gasteiger charge is 2.39. The number of hydrogen-bond donors (Lipinski definition) is 3. The molecule has 3 atom stereocenters. The van der Waals surface area contributed by atoms with Gasteiger partial charge in [-0.15, -0.1) is 0 Å². The Morgan fingerprint density at radius 1 is 1.30 bits per heavy atom. The minimum atomic E-state index is -0.481. The number of likely N-dealkylation sites (N-methyl/N-ethyl adjacent to an activating group) is 1. The molecule has 23 heavy (non-hydrogen) atoms. The number of hydroxylamine groups is 1. The van der Waals surface area contributed by atoms with E-state index in [1.807, 2.05) is 14.0 Å². The van der Waals surface area contributed by atoms with E-state index in [0.717, 1.165) is 25.1 Å². The summed E-state index contributed by atoms with van der Waals surface area (Å²) >= 11 is 0. The van der Waals surface area contributed by atoms with Crippen molar-refractivity contribution in [3.8, 4) is 0 Å². The number of rotatable bonds is 6. The van der Waals surface area contributed by atoms with Crippen LogP contribution in [0.25, 0.3) is 0 Å². The van der Waals surface area contributed by atoms with Gasteiger partial charge >= 0.3 is 0 Å². The molecular formula is C16H31N5O2. The third kappa shape index (κ3) is 4.15. The molecule has 0 bridgehead atoms. The van der Waals surface area contributed by atoms with Gasteiger partial charge in [0.15, 0.2) is 0 Å². The van der Waals surface area contributed by atoms with E-state index < -0.39 is 5.60 Å². The Bertz CT molecular complexity index is 429. The van der Waals surface area contributed by atoms with Crippen LogP contribution in [0, 0.1) is 0 Å². The zero-order valence-corrected chi connectivity index (χ0v) is 14.6. The Morgan fingerprint density at radius 3 is 2.78 bits per heavy atom. The molecule has 1 saturated heterocycles. The number of nitrogens with zero attached hydrogens (tertiary/aromatic N) is 2. The summed E-state index contributed by atoms with van der Waals surface area (Å²) in [7, 11) is 3.61. The van der Waals surface area contributed by atoms with Gasteiger partial charge in [0.1, 0.15) is 5.60 Å². The molecule has 0 amide bonds. The second kappa shape index (κ2) is 7.34. The molecule has 7 heteroatoms. The van der Waals surface area contributed by atoms with Gasteiger partial charge in [-0.1, -0.05) is 0 Å². The quantitative estimate of drug-likeness (QED) is 0.658. The minimum absolute atomic E-state index is 0.335. The maximum absolute atomic E-state index is 5.69. The van der Waals surface area contributed by atoms with Crippen molar-refractivity contribution >= 4 is 5.96 Å². The normalized spacial score (nSPS) is 31.3. The molecule has 2 heterocycles. The fourth-order valence-corrected chi connectivity index (χ4v) is 3.35. The summed E-state index contributed by atoms with van der Waals surface area (Å²) < 4.78 is 5.63. The van der Waals surface area contributed by atoms with E-state index in [4.69, 9.17) is 14.6 Å². The second-order valence-electron chi connectivity index (χ2n) is 7.13. The number of likely N-dealkylation sites (tertiary alicyclic amines) is 1. The topological polar surface area (TPSA) is 70.2 Å². The highest BCUT2D eigenvalue weighted by Crippen LogP contribution is 2.24. The standard InChI is InChI=1S/C16H31N5O2/c1-16(22-3,11-17-2)14-19-15(20-23-14)21-9-4-5-12(8-10-21)18-13-6-7-13/h12-14,17-18H,4-11H2,1-3H3,(H,19,20). The first-order chi connectivity index (χ1) is 11.1. The molecule has 1 aliphatic carbocycles. The van der Waals surface area contributed by atoms with E-state index in [0.29, 0.717) is 12.6 Å². The van der Waals surface area contributed by atoms with Gasteiger partial charge in [-0.3, -0.25) is 0 Å². The average Bonchev–Trinajstić information content (AvgIpc) is 3.28. The van der Waals surface area contributed by atoms with E-state index in [9.17, 15) is 0 Å². The number of ether oxygens (including phenoxy) is 1. The van der Waals surface area contributed by atoms with Crippen LogP contribution in [0.1, 0.15) is 39.0 Å². The van der Waals surface area contributed by atoms with Gasteiger partial charge in [-0.2, -0.15) is 0 Å². The molecule has 0 spiro atoms. The fourth-order valence-electron chi connectivity index (χ4n) is 3.35. The number of aliphatic imine (C=N–C) groups is 1. The molecule has 3 N–H and O–H groups in total. The second-order valence-corrected chi connectivity index (χ2v) is 7.13. The van der Waals surface area contributed by atoms with E-state index in [-0.39, 0.29) is 6.23 Å². The molecule has 0 radical (unpaired) electrons. The summed E-state index contributed by atoms with van der Waals surface area (Å²) in [6.07, 6.45) is 5.97. The van der Waals surface area contributed by atoms with Crippen molar-refractivity contribution in [2.24, 2.45) is 4.99 Å². The number of nitrogens with one attached hydrogen (secondary N) is 3. The smallest absolute Gasteiger partial charge is 0.221 e. The van der Waals surface area contributed by atoms with E-state index in [2.05, 4.69) is 21.0 Å². The summed E-state index contributed by atoms with van der Waals surface area (Å²) in [5.41, 5.74) is 2.54. The zero-order valence-electron chi connectivity index (χ0n) is 14.6. The Hall–Kier alpha value is -0.890. The van der Waals surface area contributed by atoms with Gasteiger partial charge in [0.05, 0.1) is 0 Å². The van der Waals surface area contributed by atoms with Gasteiger partial charge in [0, 0.05) is 38.8 Å². The lowest BCUT2D eigenvalue weighted by molar-refractivity contribution is -0.120. The number of methoxy groups -OCH3 is 1. The molecule has 0 aromatic carbocycles. The Morgan fingerprint density at radius 2 is 2.09 bits per heavy atom. The molecule has 2 fully saturated rings. The van der Waals surface area contributed by atoms with Crippen molar-refractivity contribution in [1.82, 2.24) is 21.0 Å². The molecule has 2 aliphatic heterocycles. The molecule has 1 saturated carbocycles. The Labute approximate surface area is 139 Å². The van der Waals surface area contributed by atoms with Crippen LogP contribution in [0.15, 0.2) is 4.99 Å². The Balaban J connectivity index is 1.57. The summed E-state index contributed by atoms with van der Waals surface area (Å²) in [5.74, 6) is 0.849. The maximum atomic E-state index is 5.69. The zero-order chi connectivity index (χ0) is 16.3. The van der Waals surface area contributed by atoms with Crippen molar-refractivity contribution in [3.63, 3.8) is 0 Å². The van der Waals surface area contributed by atoms with Crippen molar-refractivity contribution in [2.75, 3.05) is 33.8 Å². The van der Waals surface area contributed by atoms with Gasteiger partial charge < -0.3 is 20.3 Å². The minimum Gasteiger partial charge on any atom is -0.372 e. The highest BCUT2D eigenvalue weighted by molar-refractivity contribution is 5.80. The van der Waals surface area contributed by atoms with Gasteiger partial charge in [-0.25, -0.2) is 15.3 Å². The summed E-state index contributed by atoms with van der Waals surface area (Å²) in [6, 6.07) is 1.44. The predicted octanol–water partition coefficient (Wildman–Crippen LogP) is 0.434. The monoisotopic (exact) mass is 325 g/mol. The fraction of sp³-hybridized carbons (Fsp3) is 0.938. The van der Waals surface area contributed by atoms with Crippen LogP contribution in [0.4, 0.5) is 0 Å². The first kappa shape index (κ1) is 17.0. The lowest BCUT2D eigenvalue weighted by Gasteiger charge is -2.30. The first-order valence-corrected chi connectivity index (χ1v) is 8.85. The number of hydrogen-bond acceptors (Lipinski definition) is 7. The first-order valence-electron chi connectivity index (χ1n) is 8.85. The number of guanidine groups is 1. The van der Waals surface area contributed by atoms with Crippen molar-refractivity contribution in [2.45, 2.75) is 62.9 Å². The van der Waals surface area contributed by atoms with Crippen LogP contribution in [-0.2, 0) is 9.57 Å². The largest absolute Gasteiger partial charge is 0.372 e. The average molecular weight is 325 g/mol. The summed E-state index contributed by atoms with van der Waals surface area (Å²) in [4.78, 5) is 12.7. The van der Waals surface area contributed by atoms with E-state index in [1.54, 1.807) is 7.11 Å². The van der Waals surface area contributed by atoms with Crippen LogP contribution in [0.2, 0.25) is 0 Å². The third-order valence-electron chi connectivity index (χ3n) is 5.09. The van der Waals surface area contributed by atoms with Crippen molar-refractivity contribution < 1.29 is 9.57 Å². The Kier molecular flexibility index (Phi) is 5.41. The lowest BCUT2D eigenvalue weighted by Crippen LogP contribution is -2.48. The van der Waals surface area contributed by atoms with Gasteiger partial charge in [-0.05, 0) is 46.1 Å². The third-order valence-corrected chi connectivity index (χ3v) is 5.09.